The molecular weight excluding hydrogens is 205 g/mol. The molecule has 2 rings (SSSR count). The first-order chi connectivity index (χ1) is 7.70. The number of aryl methyl sites for hydroxylation is 1. The molecule has 0 spiro atoms. The molecule has 0 fully saturated rings. The zero-order valence-corrected chi connectivity index (χ0v) is 9.16. The average molecular weight is 217 g/mol. The van der Waals surface area contributed by atoms with Crippen LogP contribution in [0.15, 0.2) is 30.5 Å². The number of halogens is 1. The van der Waals surface area contributed by atoms with Gasteiger partial charge in [-0.3, -0.25) is 0 Å². The number of aromatic nitrogens is 2. The maximum absolute atomic E-state index is 13.1. The first-order valence-corrected chi connectivity index (χ1v) is 4.98. The Morgan fingerprint density at radius 2 is 2.06 bits per heavy atom. The molecule has 1 aromatic carbocycles. The predicted molar refractivity (Wildman–Crippen MR) is 61.7 cm³/mol. The van der Waals surface area contributed by atoms with Crippen molar-refractivity contribution in [3.05, 3.63) is 41.8 Å². The lowest BCUT2D eigenvalue weighted by Gasteiger charge is -2.04. The molecule has 0 saturated carbocycles. The highest BCUT2D eigenvalue weighted by Crippen LogP contribution is 2.20. The Bertz CT molecular complexity index is 511. The van der Waals surface area contributed by atoms with Crippen LogP contribution in [0.4, 0.5) is 10.3 Å². The fourth-order valence-corrected chi connectivity index (χ4v) is 1.44. The smallest absolute Gasteiger partial charge is 0.222 e. The van der Waals surface area contributed by atoms with Gasteiger partial charge in [0, 0.05) is 18.8 Å². The van der Waals surface area contributed by atoms with E-state index in [0.29, 0.717) is 11.5 Å². The van der Waals surface area contributed by atoms with Crippen molar-refractivity contribution in [2.75, 3.05) is 12.4 Å². The minimum atomic E-state index is -0.202. The fraction of sp³-hybridized carbons (Fsp3) is 0.167. The summed E-state index contributed by atoms with van der Waals surface area (Å²) in [5.74, 6) is 0.353. The minimum Gasteiger partial charge on any atom is -0.357 e. The Balaban J connectivity index is 2.46. The summed E-state index contributed by atoms with van der Waals surface area (Å²) >= 11 is 0. The van der Waals surface area contributed by atoms with Gasteiger partial charge in [-0.2, -0.15) is 0 Å². The van der Waals surface area contributed by atoms with Crippen LogP contribution in [0.25, 0.3) is 11.3 Å². The lowest BCUT2D eigenvalue weighted by Crippen LogP contribution is -1.96. The van der Waals surface area contributed by atoms with Crippen LogP contribution < -0.4 is 5.32 Å². The zero-order valence-electron chi connectivity index (χ0n) is 9.16. The lowest BCUT2D eigenvalue weighted by molar-refractivity contribution is 0.619. The Kier molecular flexibility index (Phi) is 2.81. The van der Waals surface area contributed by atoms with Gasteiger partial charge < -0.3 is 5.32 Å². The largest absolute Gasteiger partial charge is 0.357 e. The van der Waals surface area contributed by atoms with Gasteiger partial charge in [-0.25, -0.2) is 14.4 Å². The van der Waals surface area contributed by atoms with Crippen molar-refractivity contribution in [1.82, 2.24) is 9.97 Å². The van der Waals surface area contributed by atoms with Crippen LogP contribution in [-0.2, 0) is 0 Å². The maximum atomic E-state index is 13.1. The molecule has 0 radical (unpaired) electrons. The van der Waals surface area contributed by atoms with Crippen LogP contribution in [0.1, 0.15) is 5.56 Å². The zero-order chi connectivity index (χ0) is 11.5. The van der Waals surface area contributed by atoms with Gasteiger partial charge in [0.1, 0.15) is 5.82 Å². The second kappa shape index (κ2) is 4.26. The monoisotopic (exact) mass is 217 g/mol. The number of hydrogen-bond acceptors (Lipinski definition) is 3. The molecule has 1 N–H and O–H groups in total. The third kappa shape index (κ3) is 2.00. The van der Waals surface area contributed by atoms with E-state index in [4.69, 9.17) is 0 Å². The van der Waals surface area contributed by atoms with Gasteiger partial charge in [0.25, 0.3) is 0 Å². The minimum absolute atomic E-state index is 0.202. The Labute approximate surface area is 93.4 Å². The molecule has 0 atom stereocenters. The van der Waals surface area contributed by atoms with E-state index in [-0.39, 0.29) is 5.82 Å². The van der Waals surface area contributed by atoms with Gasteiger partial charge in [0.2, 0.25) is 5.95 Å². The van der Waals surface area contributed by atoms with Gasteiger partial charge >= 0.3 is 0 Å². The van der Waals surface area contributed by atoms with E-state index in [9.17, 15) is 4.39 Å². The number of nitrogens with one attached hydrogen (secondary N) is 1. The van der Waals surface area contributed by atoms with Gasteiger partial charge in [-0.05, 0) is 36.8 Å². The molecule has 0 bridgehead atoms. The normalized spacial score (nSPS) is 10.2. The van der Waals surface area contributed by atoms with Gasteiger partial charge in [0.05, 0.1) is 5.69 Å². The molecule has 0 amide bonds. The van der Waals surface area contributed by atoms with Crippen molar-refractivity contribution in [3.63, 3.8) is 0 Å². The van der Waals surface area contributed by atoms with Crippen LogP contribution in [-0.4, -0.2) is 17.0 Å². The van der Waals surface area contributed by atoms with E-state index in [0.717, 1.165) is 11.3 Å². The van der Waals surface area contributed by atoms with Crippen LogP contribution in [0, 0.1) is 12.7 Å². The first kappa shape index (κ1) is 10.5. The first-order valence-electron chi connectivity index (χ1n) is 4.98. The number of benzene rings is 1. The molecule has 16 heavy (non-hydrogen) atoms. The van der Waals surface area contributed by atoms with E-state index in [1.807, 2.05) is 0 Å². The highest BCUT2D eigenvalue weighted by atomic mass is 19.1. The quantitative estimate of drug-likeness (QED) is 0.840. The van der Waals surface area contributed by atoms with E-state index in [1.165, 1.54) is 6.07 Å². The second-order valence-electron chi connectivity index (χ2n) is 3.48. The van der Waals surface area contributed by atoms with Crippen molar-refractivity contribution in [2.24, 2.45) is 0 Å². The summed E-state index contributed by atoms with van der Waals surface area (Å²) in [6.07, 6.45) is 1.67. The van der Waals surface area contributed by atoms with Crippen LogP contribution >= 0.6 is 0 Å². The molecule has 0 aliphatic rings. The summed E-state index contributed by atoms with van der Waals surface area (Å²) in [7, 11) is 1.76. The molecule has 2 aromatic rings. The van der Waals surface area contributed by atoms with E-state index in [2.05, 4.69) is 15.3 Å². The number of anilines is 1. The Hall–Kier alpha value is -1.97. The van der Waals surface area contributed by atoms with Crippen molar-refractivity contribution in [1.29, 1.82) is 0 Å². The highest BCUT2D eigenvalue weighted by molar-refractivity contribution is 5.60. The summed E-state index contributed by atoms with van der Waals surface area (Å²) in [4.78, 5) is 8.31. The van der Waals surface area contributed by atoms with Crippen LogP contribution in [0.2, 0.25) is 0 Å². The molecule has 0 unspecified atom stereocenters. The SMILES string of the molecule is CNc1nccc(-c2ccc(F)c(C)c2)n1. The van der Waals surface area contributed by atoms with E-state index < -0.39 is 0 Å². The second-order valence-corrected chi connectivity index (χ2v) is 3.48. The summed E-state index contributed by atoms with van der Waals surface area (Å²) in [6, 6.07) is 6.74. The molecule has 82 valence electrons. The van der Waals surface area contributed by atoms with Crippen LogP contribution in [0.3, 0.4) is 0 Å². The Morgan fingerprint density at radius 3 is 2.75 bits per heavy atom. The predicted octanol–water partition coefficient (Wildman–Crippen LogP) is 2.63. The molecule has 1 aromatic heterocycles. The summed E-state index contributed by atoms with van der Waals surface area (Å²) < 4.78 is 13.1. The number of rotatable bonds is 2. The molecule has 4 heteroatoms. The molecule has 0 aliphatic carbocycles. The fourth-order valence-electron chi connectivity index (χ4n) is 1.44. The van der Waals surface area contributed by atoms with Crippen molar-refractivity contribution in [2.45, 2.75) is 6.92 Å². The third-order valence-corrected chi connectivity index (χ3v) is 2.33. The standard InChI is InChI=1S/C12H12FN3/c1-8-7-9(3-4-10(8)13)11-5-6-15-12(14-2)16-11/h3-7H,1-2H3,(H,14,15,16). The van der Waals surface area contributed by atoms with Crippen molar-refractivity contribution < 1.29 is 4.39 Å². The van der Waals surface area contributed by atoms with Crippen molar-refractivity contribution >= 4 is 5.95 Å². The molecular formula is C12H12FN3. The van der Waals surface area contributed by atoms with E-state index in [1.54, 1.807) is 38.4 Å². The molecule has 0 aliphatic heterocycles. The molecule has 0 saturated heterocycles. The van der Waals surface area contributed by atoms with Gasteiger partial charge in [-0.15, -0.1) is 0 Å². The lowest BCUT2D eigenvalue weighted by atomic mass is 10.1. The average Bonchev–Trinajstić information content (AvgIpc) is 2.33. The number of nitrogens with zero attached hydrogens (tertiary/aromatic N) is 2. The van der Waals surface area contributed by atoms with Crippen LogP contribution in [0.5, 0.6) is 0 Å². The highest BCUT2D eigenvalue weighted by Gasteiger charge is 2.03. The van der Waals surface area contributed by atoms with Crippen molar-refractivity contribution in [3.8, 4) is 11.3 Å². The summed E-state index contributed by atoms with van der Waals surface area (Å²) in [5, 5.41) is 2.87. The molecule has 1 heterocycles. The van der Waals surface area contributed by atoms with E-state index >= 15 is 0 Å². The third-order valence-electron chi connectivity index (χ3n) is 2.33. The number of hydrogen-bond donors (Lipinski definition) is 1. The summed E-state index contributed by atoms with van der Waals surface area (Å²) in [5.41, 5.74) is 2.28. The topological polar surface area (TPSA) is 37.8 Å². The Morgan fingerprint density at radius 1 is 1.25 bits per heavy atom. The summed E-state index contributed by atoms with van der Waals surface area (Å²) in [6.45, 7) is 1.74. The maximum Gasteiger partial charge on any atom is 0.222 e. The molecule has 3 nitrogen and oxygen atoms in total. The van der Waals surface area contributed by atoms with Gasteiger partial charge in [-0.1, -0.05) is 0 Å². The van der Waals surface area contributed by atoms with Gasteiger partial charge in [0.15, 0.2) is 0 Å².